The number of hydrogen-bond donors (Lipinski definition) is 0. The summed E-state index contributed by atoms with van der Waals surface area (Å²) < 4.78 is 0. The topological polar surface area (TPSA) is 34.1 Å². The van der Waals surface area contributed by atoms with E-state index in [0.29, 0.717) is 25.7 Å². The number of carbonyl (C=O) groups is 2. The summed E-state index contributed by atoms with van der Waals surface area (Å²) in [6, 6.07) is 17.7. The maximum Gasteiger partial charge on any atom is 0.141 e. The van der Waals surface area contributed by atoms with Crippen LogP contribution in [0.2, 0.25) is 0 Å². The highest BCUT2D eigenvalue weighted by Crippen LogP contribution is 2.14. The number of carbonyl (C=O) groups excluding carboxylic acids is 2. The summed E-state index contributed by atoms with van der Waals surface area (Å²) in [5.74, 6) is 0.386. The van der Waals surface area contributed by atoms with E-state index in [9.17, 15) is 9.59 Å². The second-order valence-electron chi connectivity index (χ2n) is 5.35. The Morgan fingerprint density at radius 1 is 0.810 bits per heavy atom. The third kappa shape index (κ3) is 4.99. The van der Waals surface area contributed by atoms with Crippen LogP contribution in [0.3, 0.4) is 0 Å². The maximum atomic E-state index is 12.2. The van der Waals surface area contributed by atoms with Gasteiger partial charge in [0.15, 0.2) is 0 Å². The van der Waals surface area contributed by atoms with Crippen molar-refractivity contribution in [1.29, 1.82) is 0 Å². The highest BCUT2D eigenvalue weighted by atomic mass is 16.1. The van der Waals surface area contributed by atoms with Crippen LogP contribution in [-0.2, 0) is 28.9 Å². The predicted octanol–water partition coefficient (Wildman–Crippen LogP) is 3.56. The second-order valence-corrected chi connectivity index (χ2v) is 5.35. The number of aryl methyl sites for hydroxylation is 1. The van der Waals surface area contributed by atoms with Crippen molar-refractivity contribution in [3.8, 4) is 0 Å². The van der Waals surface area contributed by atoms with Crippen LogP contribution in [0.5, 0.6) is 0 Å². The molecule has 108 valence electrons. The van der Waals surface area contributed by atoms with E-state index in [1.165, 1.54) is 0 Å². The van der Waals surface area contributed by atoms with E-state index in [0.717, 1.165) is 16.7 Å². The fourth-order valence-corrected chi connectivity index (χ4v) is 2.38. The molecule has 0 saturated carbocycles. The lowest BCUT2D eigenvalue weighted by Crippen LogP contribution is -2.09. The molecule has 0 amide bonds. The first-order chi connectivity index (χ1) is 10.1. The SMILES string of the molecule is CC(=O)CCc1ccccc1CC(=O)Cc1ccccc1. The monoisotopic (exact) mass is 280 g/mol. The Morgan fingerprint density at radius 2 is 1.43 bits per heavy atom. The molecule has 21 heavy (non-hydrogen) atoms. The van der Waals surface area contributed by atoms with Crippen molar-refractivity contribution in [3.63, 3.8) is 0 Å². The minimum atomic E-state index is 0.181. The average Bonchev–Trinajstić information content (AvgIpc) is 2.47. The first kappa shape index (κ1) is 15.2. The fourth-order valence-electron chi connectivity index (χ4n) is 2.38. The minimum absolute atomic E-state index is 0.181. The highest BCUT2D eigenvalue weighted by Gasteiger charge is 2.09. The molecule has 0 N–H and O–H groups in total. The molecule has 2 nitrogen and oxygen atoms in total. The van der Waals surface area contributed by atoms with Crippen molar-refractivity contribution in [2.75, 3.05) is 0 Å². The second kappa shape index (κ2) is 7.53. The van der Waals surface area contributed by atoms with E-state index >= 15 is 0 Å². The smallest absolute Gasteiger partial charge is 0.141 e. The molecule has 2 aromatic rings. The van der Waals surface area contributed by atoms with Gasteiger partial charge in [-0.05, 0) is 30.0 Å². The predicted molar refractivity (Wildman–Crippen MR) is 84.3 cm³/mol. The van der Waals surface area contributed by atoms with Crippen LogP contribution in [-0.4, -0.2) is 11.6 Å². The Balaban J connectivity index is 2.01. The molecule has 2 aromatic carbocycles. The first-order valence-electron chi connectivity index (χ1n) is 7.27. The largest absolute Gasteiger partial charge is 0.300 e. The first-order valence-corrected chi connectivity index (χ1v) is 7.27. The van der Waals surface area contributed by atoms with E-state index in [-0.39, 0.29) is 11.6 Å². The van der Waals surface area contributed by atoms with Crippen LogP contribution in [0.1, 0.15) is 30.0 Å². The third-order valence-electron chi connectivity index (χ3n) is 3.50. The summed E-state index contributed by atoms with van der Waals surface area (Å²) in [6.07, 6.45) is 2.14. The van der Waals surface area contributed by atoms with Crippen molar-refractivity contribution in [2.24, 2.45) is 0 Å². The Bertz CT molecular complexity index is 614. The van der Waals surface area contributed by atoms with Crippen LogP contribution in [0, 0.1) is 0 Å². The van der Waals surface area contributed by atoms with Gasteiger partial charge in [0.25, 0.3) is 0 Å². The summed E-state index contributed by atoms with van der Waals surface area (Å²) >= 11 is 0. The van der Waals surface area contributed by atoms with Gasteiger partial charge in [0, 0.05) is 19.3 Å². The van der Waals surface area contributed by atoms with Gasteiger partial charge in [-0.1, -0.05) is 54.6 Å². The van der Waals surface area contributed by atoms with Crippen molar-refractivity contribution in [3.05, 3.63) is 71.3 Å². The van der Waals surface area contributed by atoms with E-state index < -0.39 is 0 Å². The summed E-state index contributed by atoms with van der Waals surface area (Å²) in [5.41, 5.74) is 3.19. The minimum Gasteiger partial charge on any atom is -0.300 e. The molecule has 0 fully saturated rings. The molecular weight excluding hydrogens is 260 g/mol. The van der Waals surface area contributed by atoms with E-state index in [2.05, 4.69) is 0 Å². The molecule has 0 radical (unpaired) electrons. The number of hydrogen-bond acceptors (Lipinski definition) is 2. The Labute approximate surface area is 125 Å². The van der Waals surface area contributed by atoms with Crippen LogP contribution in [0.25, 0.3) is 0 Å². The summed E-state index contributed by atoms with van der Waals surface area (Å²) in [4.78, 5) is 23.3. The van der Waals surface area contributed by atoms with Gasteiger partial charge < -0.3 is 4.79 Å². The highest BCUT2D eigenvalue weighted by molar-refractivity contribution is 5.83. The van der Waals surface area contributed by atoms with Gasteiger partial charge in [-0.15, -0.1) is 0 Å². The lowest BCUT2D eigenvalue weighted by atomic mass is 9.96. The average molecular weight is 280 g/mol. The summed E-state index contributed by atoms with van der Waals surface area (Å²) in [5, 5.41) is 0. The molecular formula is C19H20O2. The van der Waals surface area contributed by atoms with E-state index in [4.69, 9.17) is 0 Å². The molecule has 2 heteroatoms. The molecule has 0 aliphatic heterocycles. The summed E-state index contributed by atoms with van der Waals surface area (Å²) in [7, 11) is 0. The Hall–Kier alpha value is -2.22. The Morgan fingerprint density at radius 3 is 2.10 bits per heavy atom. The van der Waals surface area contributed by atoms with Crippen LogP contribution in [0.4, 0.5) is 0 Å². The quantitative estimate of drug-likeness (QED) is 0.777. The molecule has 0 heterocycles. The van der Waals surface area contributed by atoms with E-state index in [1.807, 2.05) is 54.6 Å². The van der Waals surface area contributed by atoms with Crippen LogP contribution >= 0.6 is 0 Å². The molecule has 0 saturated heterocycles. The van der Waals surface area contributed by atoms with Crippen molar-refractivity contribution in [2.45, 2.75) is 32.6 Å². The molecule has 0 aromatic heterocycles. The van der Waals surface area contributed by atoms with Crippen molar-refractivity contribution >= 4 is 11.6 Å². The van der Waals surface area contributed by atoms with Crippen molar-refractivity contribution in [1.82, 2.24) is 0 Å². The molecule has 0 unspecified atom stereocenters. The molecule has 0 aliphatic carbocycles. The number of benzene rings is 2. The standard InChI is InChI=1S/C19H20O2/c1-15(20)11-12-17-9-5-6-10-18(17)14-19(21)13-16-7-3-2-4-8-16/h2-10H,11-14H2,1H3. The van der Waals surface area contributed by atoms with Gasteiger partial charge in [-0.2, -0.15) is 0 Å². The molecule has 2 rings (SSSR count). The van der Waals surface area contributed by atoms with Gasteiger partial charge in [-0.25, -0.2) is 0 Å². The van der Waals surface area contributed by atoms with Gasteiger partial charge in [-0.3, -0.25) is 4.79 Å². The van der Waals surface area contributed by atoms with Gasteiger partial charge in [0.2, 0.25) is 0 Å². The number of rotatable bonds is 7. The van der Waals surface area contributed by atoms with Gasteiger partial charge >= 0.3 is 0 Å². The summed E-state index contributed by atoms with van der Waals surface area (Å²) in [6.45, 7) is 1.60. The number of ketones is 2. The van der Waals surface area contributed by atoms with Crippen LogP contribution < -0.4 is 0 Å². The molecule has 0 spiro atoms. The lowest BCUT2D eigenvalue weighted by Gasteiger charge is -2.08. The zero-order chi connectivity index (χ0) is 15.1. The lowest BCUT2D eigenvalue weighted by molar-refractivity contribution is -0.118. The Kier molecular flexibility index (Phi) is 5.44. The molecule has 0 atom stereocenters. The van der Waals surface area contributed by atoms with Crippen LogP contribution in [0.15, 0.2) is 54.6 Å². The third-order valence-corrected chi connectivity index (χ3v) is 3.50. The molecule has 0 bridgehead atoms. The normalized spacial score (nSPS) is 10.3. The van der Waals surface area contributed by atoms with Gasteiger partial charge in [0.05, 0.1) is 0 Å². The van der Waals surface area contributed by atoms with Gasteiger partial charge in [0.1, 0.15) is 11.6 Å². The zero-order valence-electron chi connectivity index (χ0n) is 12.3. The van der Waals surface area contributed by atoms with E-state index in [1.54, 1.807) is 6.92 Å². The van der Waals surface area contributed by atoms with Crippen molar-refractivity contribution < 1.29 is 9.59 Å². The number of Topliss-reactive ketones (excluding diaryl/α,β-unsaturated/α-hetero) is 2. The maximum absolute atomic E-state index is 12.2. The zero-order valence-corrected chi connectivity index (χ0v) is 12.3. The molecule has 0 aliphatic rings. The fraction of sp³-hybridized carbons (Fsp3) is 0.263.